The standard InChI is InChI=1S/C14H21N3O2/c1-14(7-3-2-6-12(14)18)10-16-13(19)17-11-5-4-8-15-9-11/h4-5,8-9,12,18H,2-3,6-7,10H2,1H3,(H2,16,17,19)/t12-,14+/m1/s1. The van der Waals surface area contributed by atoms with Gasteiger partial charge in [-0.05, 0) is 25.0 Å². The molecule has 1 fully saturated rings. The number of carbonyl (C=O) groups is 1. The second-order valence-corrected chi connectivity index (χ2v) is 5.46. The van der Waals surface area contributed by atoms with E-state index < -0.39 is 0 Å². The largest absolute Gasteiger partial charge is 0.392 e. The summed E-state index contributed by atoms with van der Waals surface area (Å²) < 4.78 is 0. The van der Waals surface area contributed by atoms with Crippen molar-refractivity contribution in [1.82, 2.24) is 10.3 Å². The van der Waals surface area contributed by atoms with Gasteiger partial charge in [0.15, 0.2) is 0 Å². The van der Waals surface area contributed by atoms with Crippen molar-refractivity contribution < 1.29 is 9.90 Å². The zero-order chi connectivity index (χ0) is 13.7. The lowest BCUT2D eigenvalue weighted by Crippen LogP contribution is -2.46. The Balaban J connectivity index is 1.83. The Morgan fingerprint density at radius 2 is 2.42 bits per heavy atom. The maximum absolute atomic E-state index is 11.8. The predicted octanol–water partition coefficient (Wildman–Crippen LogP) is 2.14. The number of anilines is 1. The number of rotatable bonds is 3. The van der Waals surface area contributed by atoms with Crippen LogP contribution in [-0.4, -0.2) is 28.8 Å². The lowest BCUT2D eigenvalue weighted by molar-refractivity contribution is 0.00333. The van der Waals surface area contributed by atoms with Crippen molar-refractivity contribution in [2.45, 2.75) is 38.7 Å². The summed E-state index contributed by atoms with van der Waals surface area (Å²) in [5.74, 6) is 0. The van der Waals surface area contributed by atoms with Gasteiger partial charge in [0.1, 0.15) is 0 Å². The molecule has 0 bridgehead atoms. The minimum absolute atomic E-state index is 0.218. The van der Waals surface area contributed by atoms with E-state index in [9.17, 15) is 9.90 Å². The summed E-state index contributed by atoms with van der Waals surface area (Å²) in [6, 6.07) is 3.29. The van der Waals surface area contributed by atoms with Gasteiger partial charge in [-0.15, -0.1) is 0 Å². The van der Waals surface area contributed by atoms with Crippen LogP contribution >= 0.6 is 0 Å². The van der Waals surface area contributed by atoms with Gasteiger partial charge in [0.25, 0.3) is 0 Å². The fraction of sp³-hybridized carbons (Fsp3) is 0.571. The molecule has 0 aromatic carbocycles. The number of amides is 2. The number of carbonyl (C=O) groups excluding carboxylic acids is 1. The summed E-state index contributed by atoms with van der Waals surface area (Å²) in [7, 11) is 0. The van der Waals surface area contributed by atoms with Gasteiger partial charge in [-0.3, -0.25) is 4.98 Å². The van der Waals surface area contributed by atoms with E-state index in [1.54, 1.807) is 24.5 Å². The number of hydrogen-bond acceptors (Lipinski definition) is 3. The molecule has 2 atom stereocenters. The van der Waals surface area contributed by atoms with E-state index in [0.29, 0.717) is 12.2 Å². The minimum atomic E-state index is -0.333. The number of nitrogens with zero attached hydrogens (tertiary/aromatic N) is 1. The van der Waals surface area contributed by atoms with E-state index in [2.05, 4.69) is 15.6 Å². The molecule has 0 saturated heterocycles. The molecule has 0 aliphatic heterocycles. The Labute approximate surface area is 113 Å². The summed E-state index contributed by atoms with van der Waals surface area (Å²) in [6.45, 7) is 2.52. The van der Waals surface area contributed by atoms with Gasteiger partial charge in [0.05, 0.1) is 18.0 Å². The average molecular weight is 263 g/mol. The van der Waals surface area contributed by atoms with Crippen molar-refractivity contribution in [2.75, 3.05) is 11.9 Å². The van der Waals surface area contributed by atoms with Crippen molar-refractivity contribution in [3.05, 3.63) is 24.5 Å². The third-order valence-electron chi connectivity index (χ3n) is 3.85. The summed E-state index contributed by atoms with van der Waals surface area (Å²) >= 11 is 0. The molecule has 0 unspecified atom stereocenters. The molecule has 2 rings (SSSR count). The quantitative estimate of drug-likeness (QED) is 0.782. The third-order valence-corrected chi connectivity index (χ3v) is 3.85. The van der Waals surface area contributed by atoms with Crippen molar-refractivity contribution in [3.63, 3.8) is 0 Å². The highest BCUT2D eigenvalue weighted by molar-refractivity contribution is 5.88. The lowest BCUT2D eigenvalue weighted by atomic mass is 9.73. The number of aliphatic hydroxyl groups excluding tert-OH is 1. The van der Waals surface area contributed by atoms with Gasteiger partial charge >= 0.3 is 6.03 Å². The van der Waals surface area contributed by atoms with Crippen LogP contribution < -0.4 is 10.6 Å². The molecule has 1 aliphatic carbocycles. The van der Waals surface area contributed by atoms with Gasteiger partial charge < -0.3 is 15.7 Å². The Morgan fingerprint density at radius 1 is 1.58 bits per heavy atom. The fourth-order valence-corrected chi connectivity index (χ4v) is 2.48. The van der Waals surface area contributed by atoms with Crippen LogP contribution in [0.4, 0.5) is 10.5 Å². The molecular weight excluding hydrogens is 242 g/mol. The first-order chi connectivity index (χ1) is 9.10. The maximum atomic E-state index is 11.8. The fourth-order valence-electron chi connectivity index (χ4n) is 2.48. The van der Waals surface area contributed by atoms with E-state index in [4.69, 9.17) is 0 Å². The number of urea groups is 1. The van der Waals surface area contributed by atoms with Crippen molar-refractivity contribution in [3.8, 4) is 0 Å². The van der Waals surface area contributed by atoms with Crippen molar-refractivity contribution in [1.29, 1.82) is 0 Å². The summed E-state index contributed by atoms with van der Waals surface area (Å²) in [5.41, 5.74) is 0.444. The van der Waals surface area contributed by atoms with E-state index >= 15 is 0 Å². The topological polar surface area (TPSA) is 74.2 Å². The molecule has 1 aromatic heterocycles. The van der Waals surface area contributed by atoms with E-state index in [-0.39, 0.29) is 17.6 Å². The van der Waals surface area contributed by atoms with Crippen molar-refractivity contribution in [2.24, 2.45) is 5.41 Å². The minimum Gasteiger partial charge on any atom is -0.392 e. The van der Waals surface area contributed by atoms with Gasteiger partial charge in [-0.25, -0.2) is 4.79 Å². The number of pyridine rings is 1. The zero-order valence-corrected chi connectivity index (χ0v) is 11.2. The second kappa shape index (κ2) is 6.02. The van der Waals surface area contributed by atoms with Crippen LogP contribution in [0.25, 0.3) is 0 Å². The Bertz CT molecular complexity index is 424. The second-order valence-electron chi connectivity index (χ2n) is 5.46. The number of aromatic nitrogens is 1. The highest BCUT2D eigenvalue weighted by Gasteiger charge is 2.35. The molecule has 2 amide bonds. The van der Waals surface area contributed by atoms with Crippen LogP contribution in [-0.2, 0) is 0 Å². The number of hydrogen-bond donors (Lipinski definition) is 3. The average Bonchev–Trinajstić information content (AvgIpc) is 2.41. The molecule has 5 heteroatoms. The summed E-state index contributed by atoms with van der Waals surface area (Å²) in [6.07, 6.45) is 6.86. The predicted molar refractivity (Wildman–Crippen MR) is 73.8 cm³/mol. The maximum Gasteiger partial charge on any atom is 0.319 e. The molecule has 1 heterocycles. The number of nitrogens with one attached hydrogen (secondary N) is 2. The first-order valence-electron chi connectivity index (χ1n) is 6.73. The lowest BCUT2D eigenvalue weighted by Gasteiger charge is -2.38. The van der Waals surface area contributed by atoms with Gasteiger partial charge in [-0.1, -0.05) is 19.8 Å². The van der Waals surface area contributed by atoms with Crippen LogP contribution in [0.5, 0.6) is 0 Å². The summed E-state index contributed by atoms with van der Waals surface area (Å²) in [4.78, 5) is 15.7. The molecule has 0 spiro atoms. The van der Waals surface area contributed by atoms with E-state index in [1.165, 1.54) is 0 Å². The van der Waals surface area contributed by atoms with E-state index in [0.717, 1.165) is 25.7 Å². The molecular formula is C14H21N3O2. The van der Waals surface area contributed by atoms with Crippen LogP contribution in [0, 0.1) is 5.41 Å². The monoisotopic (exact) mass is 263 g/mol. The van der Waals surface area contributed by atoms with Gasteiger partial charge in [-0.2, -0.15) is 0 Å². The Hall–Kier alpha value is -1.62. The molecule has 1 saturated carbocycles. The summed E-state index contributed by atoms with van der Waals surface area (Å²) in [5, 5.41) is 15.6. The van der Waals surface area contributed by atoms with Crippen LogP contribution in [0.1, 0.15) is 32.6 Å². The zero-order valence-electron chi connectivity index (χ0n) is 11.2. The van der Waals surface area contributed by atoms with Crippen LogP contribution in [0.15, 0.2) is 24.5 Å². The van der Waals surface area contributed by atoms with Crippen LogP contribution in [0.2, 0.25) is 0 Å². The molecule has 19 heavy (non-hydrogen) atoms. The van der Waals surface area contributed by atoms with Crippen molar-refractivity contribution >= 4 is 11.7 Å². The van der Waals surface area contributed by atoms with Crippen LogP contribution in [0.3, 0.4) is 0 Å². The molecule has 1 aromatic rings. The third kappa shape index (κ3) is 3.67. The first-order valence-corrected chi connectivity index (χ1v) is 6.73. The molecule has 104 valence electrons. The first kappa shape index (κ1) is 13.8. The molecule has 5 nitrogen and oxygen atoms in total. The van der Waals surface area contributed by atoms with E-state index in [1.807, 2.05) is 6.92 Å². The molecule has 0 radical (unpaired) electrons. The van der Waals surface area contributed by atoms with Gasteiger partial charge in [0, 0.05) is 18.2 Å². The molecule has 1 aliphatic rings. The Morgan fingerprint density at radius 3 is 3.11 bits per heavy atom. The number of aliphatic hydroxyl groups is 1. The SMILES string of the molecule is C[C@@]1(CNC(=O)Nc2cccnc2)CCCC[C@H]1O. The van der Waals surface area contributed by atoms with Gasteiger partial charge in [0.2, 0.25) is 0 Å². The Kier molecular flexibility index (Phi) is 4.37. The molecule has 3 N–H and O–H groups in total. The normalized spacial score (nSPS) is 26.7. The highest BCUT2D eigenvalue weighted by Crippen LogP contribution is 2.35. The highest BCUT2D eigenvalue weighted by atomic mass is 16.3. The smallest absolute Gasteiger partial charge is 0.319 e.